The number of hydrogen-bond donors (Lipinski definition) is 3. The molecule has 1 aromatic heterocycles. The topological polar surface area (TPSA) is 115 Å². The van der Waals surface area contributed by atoms with Crippen LogP contribution in [0.5, 0.6) is 0 Å². The monoisotopic (exact) mass is 375 g/mol. The Balaban J connectivity index is 1.39. The number of aryl methyl sites for hydroxylation is 2. The highest BCUT2D eigenvalue weighted by Crippen LogP contribution is 2.20. The van der Waals surface area contributed by atoms with Crippen molar-refractivity contribution in [2.75, 3.05) is 44.6 Å². The van der Waals surface area contributed by atoms with Gasteiger partial charge in [0.2, 0.25) is 5.91 Å². The molecule has 3 amide bonds. The summed E-state index contributed by atoms with van der Waals surface area (Å²) in [5.41, 5.74) is 2.25. The Morgan fingerprint density at radius 1 is 1.30 bits per heavy atom. The number of anilines is 1. The molecule has 0 aromatic carbocycles. The number of hydrogen-bond acceptors (Lipinski definition) is 5. The highest BCUT2D eigenvalue weighted by molar-refractivity contribution is 5.87. The van der Waals surface area contributed by atoms with E-state index in [1.807, 2.05) is 6.07 Å². The molecule has 1 saturated heterocycles. The van der Waals surface area contributed by atoms with Crippen molar-refractivity contribution in [1.82, 2.24) is 20.1 Å². The third kappa shape index (κ3) is 5.08. The first-order valence-corrected chi connectivity index (χ1v) is 9.28. The molecule has 3 N–H and O–H groups in total. The highest BCUT2D eigenvalue weighted by atomic mass is 16.4. The van der Waals surface area contributed by atoms with Crippen LogP contribution in [0.2, 0.25) is 0 Å². The van der Waals surface area contributed by atoms with Crippen LogP contribution < -0.4 is 10.6 Å². The van der Waals surface area contributed by atoms with Gasteiger partial charge in [-0.3, -0.25) is 9.59 Å². The summed E-state index contributed by atoms with van der Waals surface area (Å²) in [6, 6.07) is 3.86. The lowest BCUT2D eigenvalue weighted by molar-refractivity contribution is -0.146. The molecule has 0 spiro atoms. The van der Waals surface area contributed by atoms with Gasteiger partial charge >= 0.3 is 12.0 Å². The predicted molar refractivity (Wildman–Crippen MR) is 98.6 cm³/mol. The Hall–Kier alpha value is -2.84. The quantitative estimate of drug-likeness (QED) is 0.617. The third-order valence-corrected chi connectivity index (χ3v) is 4.77. The van der Waals surface area contributed by atoms with Crippen LogP contribution in [-0.4, -0.2) is 77.1 Å². The maximum Gasteiger partial charge on any atom is 0.323 e. The number of nitrogens with one attached hydrogen (secondary N) is 2. The molecule has 0 radical (unpaired) electrons. The van der Waals surface area contributed by atoms with Crippen LogP contribution >= 0.6 is 0 Å². The zero-order valence-corrected chi connectivity index (χ0v) is 15.2. The first-order valence-electron chi connectivity index (χ1n) is 9.28. The summed E-state index contributed by atoms with van der Waals surface area (Å²) in [6.07, 6.45) is 3.71. The van der Waals surface area contributed by atoms with Gasteiger partial charge in [0, 0.05) is 31.9 Å². The Morgan fingerprint density at radius 3 is 2.93 bits per heavy atom. The van der Waals surface area contributed by atoms with Gasteiger partial charge in [-0.05, 0) is 37.3 Å². The normalized spacial score (nSPS) is 16.5. The number of carboxylic acids is 1. The van der Waals surface area contributed by atoms with E-state index in [-0.39, 0.29) is 31.6 Å². The summed E-state index contributed by atoms with van der Waals surface area (Å²) in [4.78, 5) is 42.1. The first-order chi connectivity index (χ1) is 13.0. The van der Waals surface area contributed by atoms with E-state index in [1.165, 1.54) is 15.4 Å². The number of rotatable bonds is 6. The van der Waals surface area contributed by atoms with Gasteiger partial charge < -0.3 is 25.5 Å². The number of carbonyl (C=O) groups is 3. The molecule has 3 rings (SSSR count). The Morgan fingerprint density at radius 2 is 2.15 bits per heavy atom. The van der Waals surface area contributed by atoms with Gasteiger partial charge in [0.05, 0.1) is 0 Å². The maximum atomic E-state index is 12.2. The molecule has 2 aliphatic rings. The van der Waals surface area contributed by atoms with Crippen LogP contribution in [0, 0.1) is 0 Å². The largest absolute Gasteiger partial charge is 0.480 e. The van der Waals surface area contributed by atoms with Crippen LogP contribution in [0.3, 0.4) is 0 Å². The lowest BCUT2D eigenvalue weighted by Gasteiger charge is -2.33. The van der Waals surface area contributed by atoms with E-state index >= 15 is 0 Å². The number of amides is 3. The molecule has 0 aliphatic carbocycles. The molecular formula is C18H25N5O4. The summed E-state index contributed by atoms with van der Waals surface area (Å²) >= 11 is 0. The van der Waals surface area contributed by atoms with Crippen molar-refractivity contribution in [3.8, 4) is 0 Å². The first kappa shape index (κ1) is 18.9. The van der Waals surface area contributed by atoms with Crippen molar-refractivity contribution < 1.29 is 19.5 Å². The fourth-order valence-electron chi connectivity index (χ4n) is 3.30. The smallest absolute Gasteiger partial charge is 0.323 e. The molecule has 3 heterocycles. The Kier molecular flexibility index (Phi) is 6.10. The number of fused-ring (bicyclic) bond motifs is 1. The Labute approximate surface area is 157 Å². The second kappa shape index (κ2) is 8.70. The van der Waals surface area contributed by atoms with Crippen LogP contribution in [-0.2, 0) is 22.4 Å². The van der Waals surface area contributed by atoms with E-state index in [1.54, 1.807) is 0 Å². The fourth-order valence-corrected chi connectivity index (χ4v) is 3.30. The molecule has 9 nitrogen and oxygen atoms in total. The second-order valence-electron chi connectivity index (χ2n) is 6.81. The van der Waals surface area contributed by atoms with E-state index < -0.39 is 5.97 Å². The molecule has 27 heavy (non-hydrogen) atoms. The van der Waals surface area contributed by atoms with E-state index in [9.17, 15) is 14.4 Å². The zero-order valence-electron chi connectivity index (χ0n) is 15.2. The number of carboxylic acid groups (broad SMARTS) is 1. The van der Waals surface area contributed by atoms with Gasteiger partial charge in [-0.1, -0.05) is 6.07 Å². The molecule has 146 valence electrons. The van der Waals surface area contributed by atoms with Crippen LogP contribution in [0.4, 0.5) is 10.6 Å². The molecule has 1 aromatic rings. The van der Waals surface area contributed by atoms with Crippen molar-refractivity contribution in [1.29, 1.82) is 0 Å². The van der Waals surface area contributed by atoms with Crippen LogP contribution in [0.25, 0.3) is 0 Å². The summed E-state index contributed by atoms with van der Waals surface area (Å²) in [5, 5.41) is 14.9. The lowest BCUT2D eigenvalue weighted by atomic mass is 10.1. The van der Waals surface area contributed by atoms with Crippen molar-refractivity contribution in [2.24, 2.45) is 0 Å². The average Bonchev–Trinajstić information content (AvgIpc) is 2.66. The zero-order chi connectivity index (χ0) is 19.2. The lowest BCUT2D eigenvalue weighted by Crippen LogP contribution is -2.55. The van der Waals surface area contributed by atoms with Crippen LogP contribution in [0.15, 0.2) is 12.1 Å². The molecular weight excluding hydrogens is 350 g/mol. The molecule has 0 bridgehead atoms. The van der Waals surface area contributed by atoms with Crippen molar-refractivity contribution >= 4 is 23.7 Å². The fraction of sp³-hybridized carbons (Fsp3) is 0.556. The van der Waals surface area contributed by atoms with E-state index in [0.29, 0.717) is 13.1 Å². The van der Waals surface area contributed by atoms with Gasteiger partial charge in [-0.15, -0.1) is 0 Å². The van der Waals surface area contributed by atoms with E-state index in [2.05, 4.69) is 21.7 Å². The minimum Gasteiger partial charge on any atom is -0.480 e. The number of urea groups is 1. The predicted octanol–water partition coefficient (Wildman–Crippen LogP) is 0.311. The molecule has 9 heteroatoms. The maximum absolute atomic E-state index is 12.2. The van der Waals surface area contributed by atoms with Gasteiger partial charge in [0.25, 0.3) is 0 Å². The molecule has 0 saturated carbocycles. The number of piperazine rings is 1. The second-order valence-corrected chi connectivity index (χ2v) is 6.81. The van der Waals surface area contributed by atoms with Crippen molar-refractivity contribution in [3.05, 3.63) is 23.4 Å². The molecule has 1 fully saturated rings. The summed E-state index contributed by atoms with van der Waals surface area (Å²) in [7, 11) is 0. The standard InChI is InChI=1S/C18H25N5O4/c24-15-11-23(10-9-22(15)12-16(25)26)18(27)20-8-2-4-14-6-5-13-3-1-7-19-17(13)21-14/h5-6H,1-4,7-12H2,(H,19,21)(H,20,27)(H,25,26). The molecule has 0 unspecified atom stereocenters. The number of carbonyl (C=O) groups excluding carboxylic acids is 2. The molecule has 0 atom stereocenters. The van der Waals surface area contributed by atoms with E-state index in [4.69, 9.17) is 5.11 Å². The summed E-state index contributed by atoms with van der Waals surface area (Å²) < 4.78 is 0. The minimum atomic E-state index is -1.05. The van der Waals surface area contributed by atoms with Gasteiger partial charge in [-0.25, -0.2) is 9.78 Å². The number of pyridine rings is 1. The average molecular weight is 375 g/mol. The number of aliphatic carboxylic acids is 1. The van der Waals surface area contributed by atoms with Gasteiger partial charge in [0.15, 0.2) is 0 Å². The minimum absolute atomic E-state index is 0.0862. The van der Waals surface area contributed by atoms with Crippen LogP contribution in [0.1, 0.15) is 24.1 Å². The van der Waals surface area contributed by atoms with E-state index in [0.717, 1.165) is 43.7 Å². The third-order valence-electron chi connectivity index (χ3n) is 4.77. The molecule has 2 aliphatic heterocycles. The highest BCUT2D eigenvalue weighted by Gasteiger charge is 2.27. The number of nitrogens with zero attached hydrogens (tertiary/aromatic N) is 3. The Bertz CT molecular complexity index is 724. The van der Waals surface area contributed by atoms with Crippen molar-refractivity contribution in [3.63, 3.8) is 0 Å². The van der Waals surface area contributed by atoms with Gasteiger partial charge in [0.1, 0.15) is 18.9 Å². The summed E-state index contributed by atoms with van der Waals surface area (Å²) in [6.45, 7) is 1.62. The van der Waals surface area contributed by atoms with Crippen molar-refractivity contribution in [2.45, 2.75) is 25.7 Å². The SMILES string of the molecule is O=C(O)CN1CCN(C(=O)NCCCc2ccc3c(n2)NCCC3)CC1=O. The number of aromatic nitrogens is 1. The summed E-state index contributed by atoms with van der Waals surface area (Å²) in [5.74, 6) is -0.419. The van der Waals surface area contributed by atoms with Gasteiger partial charge in [-0.2, -0.15) is 0 Å².